The lowest BCUT2D eigenvalue weighted by Gasteiger charge is -2.17. The zero-order chi connectivity index (χ0) is 14.0. The van der Waals surface area contributed by atoms with E-state index in [-0.39, 0.29) is 11.4 Å². The minimum atomic E-state index is -1.08. The van der Waals surface area contributed by atoms with Gasteiger partial charge in [-0.05, 0) is 30.3 Å². The highest BCUT2D eigenvalue weighted by Gasteiger charge is 2.17. The summed E-state index contributed by atoms with van der Waals surface area (Å²) in [6, 6.07) is 6.17. The molecule has 2 N–H and O–H groups in total. The van der Waals surface area contributed by atoms with E-state index < -0.39 is 17.5 Å². The standard InChI is InChI=1S/C13H11F2N3O/c1-18(12-11(16)3-2-6-17-12)13(19)8-4-5-9(14)10(15)7-8/h2-7H,16H2,1H3. The van der Waals surface area contributed by atoms with Crippen LogP contribution >= 0.6 is 0 Å². The van der Waals surface area contributed by atoms with Crippen molar-refractivity contribution in [3.05, 3.63) is 53.7 Å². The summed E-state index contributed by atoms with van der Waals surface area (Å²) in [7, 11) is 1.46. The lowest BCUT2D eigenvalue weighted by Crippen LogP contribution is -2.28. The Bertz CT molecular complexity index is 631. The van der Waals surface area contributed by atoms with Crippen molar-refractivity contribution < 1.29 is 13.6 Å². The van der Waals surface area contributed by atoms with E-state index in [4.69, 9.17) is 5.73 Å². The Morgan fingerprint density at radius 2 is 2.00 bits per heavy atom. The molecule has 4 nitrogen and oxygen atoms in total. The van der Waals surface area contributed by atoms with E-state index in [2.05, 4.69) is 4.98 Å². The first-order valence-electron chi connectivity index (χ1n) is 5.44. The monoisotopic (exact) mass is 263 g/mol. The summed E-state index contributed by atoms with van der Waals surface area (Å²) >= 11 is 0. The fourth-order valence-electron chi connectivity index (χ4n) is 1.61. The van der Waals surface area contributed by atoms with Crippen molar-refractivity contribution in [1.29, 1.82) is 0 Å². The molecular weight excluding hydrogens is 252 g/mol. The number of nitrogens with zero attached hydrogens (tertiary/aromatic N) is 2. The van der Waals surface area contributed by atoms with Crippen molar-refractivity contribution in [2.75, 3.05) is 17.7 Å². The van der Waals surface area contributed by atoms with E-state index in [0.29, 0.717) is 5.69 Å². The summed E-state index contributed by atoms with van der Waals surface area (Å²) < 4.78 is 25.9. The highest BCUT2D eigenvalue weighted by Crippen LogP contribution is 2.20. The summed E-state index contributed by atoms with van der Waals surface area (Å²) in [5.41, 5.74) is 6.04. The number of pyridine rings is 1. The molecule has 1 amide bonds. The van der Waals surface area contributed by atoms with Gasteiger partial charge >= 0.3 is 0 Å². The molecule has 2 aromatic rings. The van der Waals surface area contributed by atoms with Gasteiger partial charge in [0.05, 0.1) is 5.69 Å². The fourth-order valence-corrected chi connectivity index (χ4v) is 1.61. The third kappa shape index (κ3) is 2.52. The number of amides is 1. The topological polar surface area (TPSA) is 59.2 Å². The number of carbonyl (C=O) groups is 1. The van der Waals surface area contributed by atoms with Crippen LogP contribution in [0.4, 0.5) is 20.3 Å². The predicted octanol–water partition coefficient (Wildman–Crippen LogP) is 2.22. The predicted molar refractivity (Wildman–Crippen MR) is 67.7 cm³/mol. The van der Waals surface area contributed by atoms with Gasteiger partial charge in [0, 0.05) is 18.8 Å². The van der Waals surface area contributed by atoms with Gasteiger partial charge in [0.25, 0.3) is 5.91 Å². The minimum Gasteiger partial charge on any atom is -0.396 e. The molecule has 0 fully saturated rings. The van der Waals surface area contributed by atoms with Crippen LogP contribution in [0.5, 0.6) is 0 Å². The third-order valence-corrected chi connectivity index (χ3v) is 2.61. The third-order valence-electron chi connectivity index (χ3n) is 2.61. The first-order valence-corrected chi connectivity index (χ1v) is 5.44. The molecular formula is C13H11F2N3O. The molecule has 0 radical (unpaired) electrons. The van der Waals surface area contributed by atoms with Gasteiger partial charge in [-0.25, -0.2) is 13.8 Å². The molecule has 0 atom stereocenters. The van der Waals surface area contributed by atoms with Crippen molar-refractivity contribution in [3.8, 4) is 0 Å². The van der Waals surface area contributed by atoms with Crippen LogP contribution in [-0.2, 0) is 0 Å². The quantitative estimate of drug-likeness (QED) is 0.903. The molecule has 0 spiro atoms. The molecule has 98 valence electrons. The van der Waals surface area contributed by atoms with Gasteiger partial charge in [-0.3, -0.25) is 9.69 Å². The van der Waals surface area contributed by atoms with Crippen LogP contribution in [0, 0.1) is 11.6 Å². The first-order chi connectivity index (χ1) is 9.00. The molecule has 0 bridgehead atoms. The molecule has 6 heteroatoms. The number of halogens is 2. The Kier molecular flexibility index (Phi) is 3.41. The Morgan fingerprint density at radius 3 is 2.63 bits per heavy atom. The van der Waals surface area contributed by atoms with E-state index in [1.54, 1.807) is 12.1 Å². The number of nitrogen functional groups attached to an aromatic ring is 1. The summed E-state index contributed by atoms with van der Waals surface area (Å²) in [6.07, 6.45) is 1.49. The van der Waals surface area contributed by atoms with Crippen LogP contribution in [0.3, 0.4) is 0 Å². The van der Waals surface area contributed by atoms with E-state index >= 15 is 0 Å². The number of aromatic nitrogens is 1. The lowest BCUT2D eigenvalue weighted by atomic mass is 10.2. The molecule has 19 heavy (non-hydrogen) atoms. The summed E-state index contributed by atoms with van der Waals surface area (Å²) in [4.78, 5) is 17.3. The second kappa shape index (κ2) is 5.01. The van der Waals surface area contributed by atoms with Crippen molar-refractivity contribution >= 4 is 17.4 Å². The minimum absolute atomic E-state index is 0.0199. The van der Waals surface area contributed by atoms with Crippen LogP contribution in [-0.4, -0.2) is 17.9 Å². The normalized spacial score (nSPS) is 10.3. The van der Waals surface area contributed by atoms with Crippen LogP contribution in [0.2, 0.25) is 0 Å². The summed E-state index contributed by atoms with van der Waals surface area (Å²) in [5.74, 6) is -2.34. The van der Waals surface area contributed by atoms with E-state index in [1.807, 2.05) is 0 Å². The van der Waals surface area contributed by atoms with Gasteiger partial charge in [0.2, 0.25) is 0 Å². The van der Waals surface area contributed by atoms with Crippen molar-refractivity contribution in [1.82, 2.24) is 4.98 Å². The number of anilines is 2. The van der Waals surface area contributed by atoms with Gasteiger partial charge < -0.3 is 5.73 Å². The molecule has 0 aliphatic carbocycles. The number of carbonyl (C=O) groups excluding carboxylic acids is 1. The lowest BCUT2D eigenvalue weighted by molar-refractivity contribution is 0.0992. The molecule has 0 aliphatic rings. The largest absolute Gasteiger partial charge is 0.396 e. The zero-order valence-corrected chi connectivity index (χ0v) is 10.1. The van der Waals surface area contributed by atoms with Crippen molar-refractivity contribution in [3.63, 3.8) is 0 Å². The smallest absolute Gasteiger partial charge is 0.259 e. The van der Waals surface area contributed by atoms with Crippen LogP contribution in [0.25, 0.3) is 0 Å². The highest BCUT2D eigenvalue weighted by molar-refractivity contribution is 6.06. The van der Waals surface area contributed by atoms with Gasteiger partial charge in [-0.2, -0.15) is 0 Å². The van der Waals surface area contributed by atoms with Crippen LogP contribution in [0.1, 0.15) is 10.4 Å². The maximum absolute atomic E-state index is 13.1. The Labute approximate surface area is 108 Å². The molecule has 0 aliphatic heterocycles. The van der Waals surface area contributed by atoms with E-state index in [0.717, 1.165) is 12.1 Å². The van der Waals surface area contributed by atoms with E-state index in [9.17, 15) is 13.6 Å². The maximum atomic E-state index is 13.1. The van der Waals surface area contributed by atoms with Crippen LogP contribution in [0.15, 0.2) is 36.5 Å². The van der Waals surface area contributed by atoms with Gasteiger partial charge in [0.1, 0.15) is 0 Å². The molecule has 0 saturated heterocycles. The average Bonchev–Trinajstić information content (AvgIpc) is 2.41. The SMILES string of the molecule is CN(C(=O)c1ccc(F)c(F)c1)c1ncccc1N. The first kappa shape index (κ1) is 12.9. The summed E-state index contributed by atoms with van der Waals surface area (Å²) in [6.45, 7) is 0. The number of hydrogen-bond acceptors (Lipinski definition) is 3. The molecule has 0 unspecified atom stereocenters. The van der Waals surface area contributed by atoms with E-state index in [1.165, 1.54) is 24.2 Å². The maximum Gasteiger partial charge on any atom is 0.259 e. The van der Waals surface area contributed by atoms with Crippen molar-refractivity contribution in [2.45, 2.75) is 0 Å². The molecule has 1 heterocycles. The summed E-state index contributed by atoms with van der Waals surface area (Å²) in [5, 5.41) is 0. The Morgan fingerprint density at radius 1 is 1.26 bits per heavy atom. The number of nitrogens with two attached hydrogens (primary N) is 1. The highest BCUT2D eigenvalue weighted by atomic mass is 19.2. The van der Waals surface area contributed by atoms with Gasteiger partial charge in [-0.1, -0.05) is 0 Å². The van der Waals surface area contributed by atoms with Crippen LogP contribution < -0.4 is 10.6 Å². The Balaban J connectivity index is 2.34. The number of hydrogen-bond donors (Lipinski definition) is 1. The number of benzene rings is 1. The molecule has 1 aromatic heterocycles. The molecule has 0 saturated carbocycles. The molecule has 2 rings (SSSR count). The zero-order valence-electron chi connectivity index (χ0n) is 10.1. The van der Waals surface area contributed by atoms with Crippen molar-refractivity contribution in [2.24, 2.45) is 0 Å². The average molecular weight is 263 g/mol. The fraction of sp³-hybridized carbons (Fsp3) is 0.0769. The number of rotatable bonds is 2. The molecule has 1 aromatic carbocycles. The second-order valence-electron chi connectivity index (χ2n) is 3.91. The second-order valence-corrected chi connectivity index (χ2v) is 3.91. The Hall–Kier alpha value is -2.50. The van der Waals surface area contributed by atoms with Gasteiger partial charge in [-0.15, -0.1) is 0 Å². The van der Waals surface area contributed by atoms with Gasteiger partial charge in [0.15, 0.2) is 17.5 Å².